The molecule has 0 amide bonds. The van der Waals surface area contributed by atoms with Crippen LogP contribution >= 0.6 is 0 Å². The summed E-state index contributed by atoms with van der Waals surface area (Å²) in [5.41, 5.74) is 0. The van der Waals surface area contributed by atoms with Gasteiger partial charge in [-0.1, -0.05) is 83.6 Å². The summed E-state index contributed by atoms with van der Waals surface area (Å²) in [4.78, 5) is 17.1. The molecule has 0 unspecified atom stereocenters. The van der Waals surface area contributed by atoms with Crippen molar-refractivity contribution in [1.29, 1.82) is 0 Å². The number of rotatable bonds is 12. The fraction of sp³-hybridized carbons (Fsp3) is 0.941. The maximum Gasteiger partial charge on any atom is -0.0210 e. The third-order valence-electron chi connectivity index (χ3n) is 3.01. The molecule has 0 fully saturated rings. The van der Waals surface area contributed by atoms with Crippen LogP contribution in [0.2, 0.25) is 58.9 Å². The smallest absolute Gasteiger partial charge is 0.0210 e. The zero-order valence-electron chi connectivity index (χ0n) is 18.4. The molecule has 4 nitrogen and oxygen atoms in total. The van der Waals surface area contributed by atoms with E-state index in [1.807, 2.05) is 26.1 Å². The molecule has 0 aliphatic heterocycles. The SMILES string of the molecule is C[C]#[Mo].C[Si](C)(C)[N-]CCN(CC[N-][Si](C)(C)C)CC[N-][Si](C)(C)C. The second-order valence-electron chi connectivity index (χ2n) is 9.20. The monoisotopic (exact) mass is 484 g/mol. The van der Waals surface area contributed by atoms with E-state index in [2.05, 4.69) is 68.0 Å². The van der Waals surface area contributed by atoms with Crippen molar-refractivity contribution >= 4 is 24.7 Å². The Morgan fingerprint density at radius 3 is 1.00 bits per heavy atom. The molecular weight excluding hydrogens is 440 g/mol. The van der Waals surface area contributed by atoms with Gasteiger partial charge < -0.3 is 19.8 Å². The Kier molecular flexibility index (Phi) is 15.8. The average molecular weight is 483 g/mol. The van der Waals surface area contributed by atoms with Crippen LogP contribution in [0.1, 0.15) is 6.92 Å². The standard InChI is InChI=1S/C15H39N4Si3.C2H3.Mo/c1-20(2,3)16-10-13-19(14-11-17-21(4,5)6)15-12-18-22(7,8)9;1-2;/h10-15H2,1-9H3;1H3;/q-3;;. The van der Waals surface area contributed by atoms with E-state index in [0.29, 0.717) is 0 Å². The molecule has 25 heavy (non-hydrogen) atoms. The van der Waals surface area contributed by atoms with Gasteiger partial charge >= 0.3 is 30.3 Å². The summed E-state index contributed by atoms with van der Waals surface area (Å²) in [7, 11) is -3.84. The molecule has 0 aliphatic carbocycles. The molecule has 0 aromatic rings. The molecule has 0 saturated heterocycles. The molecule has 8 heteroatoms. The van der Waals surface area contributed by atoms with E-state index in [-0.39, 0.29) is 0 Å². The second-order valence-corrected chi connectivity index (χ2v) is 24.2. The van der Waals surface area contributed by atoms with E-state index >= 15 is 0 Å². The average Bonchev–Trinajstić information content (AvgIpc) is 2.34. The number of hydrogen-bond acceptors (Lipinski definition) is 1. The first kappa shape index (κ1) is 28.2. The van der Waals surface area contributed by atoms with Crippen LogP contribution < -0.4 is 0 Å². The third-order valence-corrected chi connectivity index (χ3v) is 6.52. The van der Waals surface area contributed by atoms with Crippen LogP contribution in [0.4, 0.5) is 0 Å². The zero-order chi connectivity index (χ0) is 20.1. The van der Waals surface area contributed by atoms with E-state index in [4.69, 9.17) is 14.9 Å². The van der Waals surface area contributed by atoms with Gasteiger partial charge in [-0.3, -0.25) is 0 Å². The molecule has 0 saturated carbocycles. The van der Waals surface area contributed by atoms with Crippen molar-refractivity contribution in [2.45, 2.75) is 65.8 Å². The Morgan fingerprint density at radius 2 is 0.840 bits per heavy atom. The molecule has 0 spiro atoms. The normalized spacial score (nSPS) is 12.6. The van der Waals surface area contributed by atoms with Crippen LogP contribution in [-0.4, -0.2) is 68.9 Å². The van der Waals surface area contributed by atoms with Crippen molar-refractivity contribution < 1.29 is 19.2 Å². The van der Waals surface area contributed by atoms with E-state index in [0.717, 1.165) is 39.3 Å². The minimum atomic E-state index is -1.28. The summed E-state index contributed by atoms with van der Waals surface area (Å²) in [5, 5.41) is 0. The van der Waals surface area contributed by atoms with Crippen molar-refractivity contribution in [3.8, 4) is 4.20 Å². The molecule has 0 radical (unpaired) electrons. The third kappa shape index (κ3) is 27.3. The van der Waals surface area contributed by atoms with Gasteiger partial charge in [0.1, 0.15) is 0 Å². The van der Waals surface area contributed by atoms with Crippen molar-refractivity contribution in [1.82, 2.24) is 4.90 Å². The largest absolute Gasteiger partial charge is 0.664 e. The Bertz CT molecular complexity index is 321. The van der Waals surface area contributed by atoms with Gasteiger partial charge in [-0.15, -0.1) is 19.6 Å². The quantitative estimate of drug-likeness (QED) is 0.342. The molecule has 0 N–H and O–H groups in total. The number of hydrogen-bond donors (Lipinski definition) is 0. The van der Waals surface area contributed by atoms with E-state index < -0.39 is 24.7 Å². The van der Waals surface area contributed by atoms with Crippen LogP contribution in [-0.2, 0) is 19.2 Å². The van der Waals surface area contributed by atoms with Crippen molar-refractivity contribution in [3.63, 3.8) is 0 Å². The van der Waals surface area contributed by atoms with E-state index in [1.165, 1.54) is 0 Å². The first-order chi connectivity index (χ1) is 11.2. The molecule has 0 aliphatic rings. The molecule has 0 bridgehead atoms. The van der Waals surface area contributed by atoms with Crippen molar-refractivity contribution in [2.24, 2.45) is 0 Å². The van der Waals surface area contributed by atoms with Crippen LogP contribution in [0, 0.1) is 4.20 Å². The maximum atomic E-state index is 4.86. The first-order valence-electron chi connectivity index (χ1n) is 9.27. The van der Waals surface area contributed by atoms with Crippen LogP contribution in [0.5, 0.6) is 0 Å². The Balaban J connectivity index is 0. The molecule has 0 rings (SSSR count). The predicted octanol–water partition coefficient (Wildman–Crippen LogP) is 5.43. The van der Waals surface area contributed by atoms with Crippen molar-refractivity contribution in [3.05, 3.63) is 14.9 Å². The van der Waals surface area contributed by atoms with Gasteiger partial charge in [0, 0.05) is 0 Å². The Labute approximate surface area is 172 Å². The minimum Gasteiger partial charge on any atom is -0.664 e. The van der Waals surface area contributed by atoms with Gasteiger partial charge in [0.15, 0.2) is 0 Å². The van der Waals surface area contributed by atoms with Crippen LogP contribution in [0.3, 0.4) is 0 Å². The molecule has 0 aromatic carbocycles. The summed E-state index contributed by atoms with van der Waals surface area (Å²) in [6.45, 7) is 28.7. The molecule has 0 aromatic heterocycles. The van der Waals surface area contributed by atoms with Crippen molar-refractivity contribution in [2.75, 3.05) is 39.3 Å². The zero-order valence-corrected chi connectivity index (χ0v) is 23.4. The van der Waals surface area contributed by atoms with Crippen LogP contribution in [0.15, 0.2) is 0 Å². The topological polar surface area (TPSA) is 45.5 Å². The fourth-order valence-corrected chi connectivity index (χ4v) is 4.23. The van der Waals surface area contributed by atoms with E-state index in [1.54, 1.807) is 0 Å². The molecule has 0 atom stereocenters. The summed E-state index contributed by atoms with van der Waals surface area (Å²) >= 11 is 1.82. The van der Waals surface area contributed by atoms with Gasteiger partial charge in [0.25, 0.3) is 0 Å². The minimum absolute atomic E-state index is 0.968. The van der Waals surface area contributed by atoms with Gasteiger partial charge in [-0.05, 0) is 19.6 Å². The second kappa shape index (κ2) is 14.0. The van der Waals surface area contributed by atoms with E-state index in [9.17, 15) is 0 Å². The van der Waals surface area contributed by atoms with Crippen LogP contribution in [0.25, 0.3) is 14.9 Å². The maximum absolute atomic E-state index is 4.86. The molecule has 151 valence electrons. The van der Waals surface area contributed by atoms with Gasteiger partial charge in [-0.25, -0.2) is 0 Å². The Morgan fingerprint density at radius 1 is 0.640 bits per heavy atom. The number of nitrogens with zero attached hydrogens (tertiary/aromatic N) is 4. The summed E-state index contributed by atoms with van der Waals surface area (Å²) in [6.07, 6.45) is 0. The Hall–Kier alpha value is 0.959. The van der Waals surface area contributed by atoms with Gasteiger partial charge in [0.05, 0.1) is 0 Å². The molecule has 0 heterocycles. The van der Waals surface area contributed by atoms with Gasteiger partial charge in [0.2, 0.25) is 0 Å². The summed E-state index contributed by atoms with van der Waals surface area (Å²) < 4.78 is 2.76. The fourth-order valence-electron chi connectivity index (χ4n) is 1.92. The van der Waals surface area contributed by atoms with Gasteiger partial charge in [-0.2, -0.15) is 0 Å². The molecular formula is C17H42MoN4Si3-3. The predicted molar refractivity (Wildman–Crippen MR) is 121 cm³/mol. The summed E-state index contributed by atoms with van der Waals surface area (Å²) in [5.74, 6) is 0. The first-order valence-corrected chi connectivity index (χ1v) is 20.6. The summed E-state index contributed by atoms with van der Waals surface area (Å²) in [6, 6.07) is 0.